The molecule has 5 heteroatoms. The monoisotopic (exact) mass is 285 g/mol. The van der Waals surface area contributed by atoms with E-state index in [2.05, 4.69) is 36.1 Å². The molecule has 1 rings (SSSR count). The predicted molar refractivity (Wildman–Crippen MR) is 83.3 cm³/mol. The minimum Gasteiger partial charge on any atom is -0.381 e. The molecule has 1 unspecified atom stereocenters. The number of unbranched alkanes of at least 4 members (excludes halogenated alkanes) is 1. The van der Waals surface area contributed by atoms with Gasteiger partial charge in [0.25, 0.3) is 0 Å². The van der Waals surface area contributed by atoms with Crippen molar-refractivity contribution in [2.75, 3.05) is 53.1 Å². The fourth-order valence-corrected chi connectivity index (χ4v) is 2.24. The second kappa shape index (κ2) is 10.9. The summed E-state index contributed by atoms with van der Waals surface area (Å²) < 4.78 is 11.0. The van der Waals surface area contributed by atoms with Crippen molar-refractivity contribution in [2.45, 2.75) is 33.1 Å². The van der Waals surface area contributed by atoms with Crippen LogP contribution >= 0.6 is 0 Å². The smallest absolute Gasteiger partial charge is 0.193 e. The van der Waals surface area contributed by atoms with Gasteiger partial charge in [-0.1, -0.05) is 13.3 Å². The Hall–Kier alpha value is -0.810. The van der Waals surface area contributed by atoms with Crippen LogP contribution in [0.3, 0.4) is 0 Å². The van der Waals surface area contributed by atoms with Crippen molar-refractivity contribution in [3.63, 3.8) is 0 Å². The first-order valence-electron chi connectivity index (χ1n) is 7.92. The van der Waals surface area contributed by atoms with Gasteiger partial charge < -0.3 is 19.7 Å². The molecule has 20 heavy (non-hydrogen) atoms. The minimum atomic E-state index is 0.629. The van der Waals surface area contributed by atoms with Crippen LogP contribution in [0.5, 0.6) is 0 Å². The summed E-state index contributed by atoms with van der Waals surface area (Å²) in [6.45, 7) is 10.2. The Labute approximate surface area is 123 Å². The molecule has 0 radical (unpaired) electrons. The molecule has 1 saturated heterocycles. The molecule has 1 N–H and O–H groups in total. The van der Waals surface area contributed by atoms with Gasteiger partial charge in [0.05, 0.1) is 19.8 Å². The highest BCUT2D eigenvalue weighted by atomic mass is 16.5. The van der Waals surface area contributed by atoms with Gasteiger partial charge in [-0.3, -0.25) is 4.99 Å². The largest absolute Gasteiger partial charge is 0.381 e. The van der Waals surface area contributed by atoms with Crippen LogP contribution < -0.4 is 5.32 Å². The summed E-state index contributed by atoms with van der Waals surface area (Å²) in [6, 6.07) is 0. The fourth-order valence-electron chi connectivity index (χ4n) is 2.24. The summed E-state index contributed by atoms with van der Waals surface area (Å²) in [6.07, 6.45) is 3.47. The van der Waals surface area contributed by atoms with E-state index in [0.29, 0.717) is 12.5 Å². The molecule has 0 spiro atoms. The number of hydrogen-bond acceptors (Lipinski definition) is 3. The van der Waals surface area contributed by atoms with Crippen LogP contribution in [0.2, 0.25) is 0 Å². The van der Waals surface area contributed by atoms with Crippen LogP contribution in [0.25, 0.3) is 0 Å². The van der Waals surface area contributed by atoms with Crippen molar-refractivity contribution >= 4 is 5.96 Å². The first-order chi connectivity index (χ1) is 9.77. The summed E-state index contributed by atoms with van der Waals surface area (Å²) in [7, 11) is 2.09. The van der Waals surface area contributed by atoms with E-state index in [1.807, 2.05) is 0 Å². The van der Waals surface area contributed by atoms with E-state index in [4.69, 9.17) is 9.47 Å². The van der Waals surface area contributed by atoms with E-state index in [0.717, 1.165) is 58.3 Å². The number of nitrogens with one attached hydrogen (secondary N) is 1. The highest BCUT2D eigenvalue weighted by Gasteiger charge is 2.18. The maximum absolute atomic E-state index is 5.54. The summed E-state index contributed by atoms with van der Waals surface area (Å²) in [5.74, 6) is 1.60. The van der Waals surface area contributed by atoms with E-state index in [1.165, 1.54) is 6.42 Å². The van der Waals surface area contributed by atoms with Gasteiger partial charge in [0, 0.05) is 39.3 Å². The highest BCUT2D eigenvalue weighted by Crippen LogP contribution is 2.13. The third-order valence-corrected chi connectivity index (χ3v) is 3.39. The maximum atomic E-state index is 5.54. The Morgan fingerprint density at radius 3 is 2.90 bits per heavy atom. The molecule has 1 aliphatic rings. The molecule has 5 nitrogen and oxygen atoms in total. The van der Waals surface area contributed by atoms with Gasteiger partial charge in [-0.05, 0) is 19.8 Å². The lowest BCUT2D eigenvalue weighted by Gasteiger charge is -2.24. The minimum absolute atomic E-state index is 0.629. The molecule has 0 saturated carbocycles. The van der Waals surface area contributed by atoms with Gasteiger partial charge in [0.15, 0.2) is 5.96 Å². The average molecular weight is 285 g/mol. The Morgan fingerprint density at radius 1 is 1.40 bits per heavy atom. The van der Waals surface area contributed by atoms with Gasteiger partial charge in [0.1, 0.15) is 0 Å². The first kappa shape index (κ1) is 17.2. The van der Waals surface area contributed by atoms with Gasteiger partial charge in [-0.2, -0.15) is 0 Å². The van der Waals surface area contributed by atoms with E-state index in [1.54, 1.807) is 0 Å². The summed E-state index contributed by atoms with van der Waals surface area (Å²) in [5.41, 5.74) is 0. The zero-order valence-electron chi connectivity index (χ0n) is 13.4. The highest BCUT2D eigenvalue weighted by molar-refractivity contribution is 5.79. The van der Waals surface area contributed by atoms with Crippen molar-refractivity contribution in [1.29, 1.82) is 0 Å². The third-order valence-electron chi connectivity index (χ3n) is 3.39. The van der Waals surface area contributed by atoms with Crippen molar-refractivity contribution in [1.82, 2.24) is 10.2 Å². The van der Waals surface area contributed by atoms with Crippen molar-refractivity contribution in [3.05, 3.63) is 0 Å². The summed E-state index contributed by atoms with van der Waals surface area (Å²) >= 11 is 0. The number of hydrogen-bond donors (Lipinski definition) is 1. The van der Waals surface area contributed by atoms with Crippen LogP contribution in [0, 0.1) is 5.92 Å². The second-order valence-corrected chi connectivity index (χ2v) is 5.31. The predicted octanol–water partition coefficient (Wildman–Crippen LogP) is 1.74. The van der Waals surface area contributed by atoms with Gasteiger partial charge in [0.2, 0.25) is 0 Å². The molecule has 118 valence electrons. The number of rotatable bonds is 9. The molecule has 0 bridgehead atoms. The van der Waals surface area contributed by atoms with Crippen LogP contribution in [0.4, 0.5) is 0 Å². The van der Waals surface area contributed by atoms with E-state index < -0.39 is 0 Å². The van der Waals surface area contributed by atoms with Gasteiger partial charge in [-0.25, -0.2) is 0 Å². The Balaban J connectivity index is 2.28. The molecule has 0 aromatic rings. The number of ether oxygens (including phenoxy) is 2. The van der Waals surface area contributed by atoms with Gasteiger partial charge >= 0.3 is 0 Å². The number of nitrogens with zero attached hydrogens (tertiary/aromatic N) is 2. The normalized spacial score (nSPS) is 19.4. The third kappa shape index (κ3) is 7.10. The van der Waals surface area contributed by atoms with Crippen molar-refractivity contribution < 1.29 is 9.47 Å². The van der Waals surface area contributed by atoms with Gasteiger partial charge in [-0.15, -0.1) is 0 Å². The lowest BCUT2D eigenvalue weighted by Crippen LogP contribution is -2.41. The summed E-state index contributed by atoms with van der Waals surface area (Å²) in [5, 5.41) is 3.34. The zero-order valence-corrected chi connectivity index (χ0v) is 13.4. The van der Waals surface area contributed by atoms with Crippen LogP contribution in [-0.2, 0) is 9.47 Å². The van der Waals surface area contributed by atoms with Crippen LogP contribution in [-0.4, -0.2) is 64.0 Å². The molecule has 1 atom stereocenters. The molecule has 0 amide bonds. The van der Waals surface area contributed by atoms with Crippen LogP contribution in [0.1, 0.15) is 33.1 Å². The van der Waals surface area contributed by atoms with Crippen molar-refractivity contribution in [2.24, 2.45) is 10.9 Å². The fraction of sp³-hybridized carbons (Fsp3) is 0.933. The Bertz CT molecular complexity index is 266. The second-order valence-electron chi connectivity index (χ2n) is 5.31. The SMILES string of the molecule is CCCCOCCN=C(NCC)N(C)CC1CCOC1. The zero-order chi connectivity index (χ0) is 14.6. The Kier molecular flexibility index (Phi) is 9.41. The lowest BCUT2D eigenvalue weighted by molar-refractivity contribution is 0.138. The molecule has 0 aliphatic carbocycles. The van der Waals surface area contributed by atoms with Crippen molar-refractivity contribution in [3.8, 4) is 0 Å². The number of aliphatic imine (C=N–C) groups is 1. The standard InChI is InChI=1S/C15H31N3O2/c1-4-6-9-19-11-8-17-15(16-5-2)18(3)12-14-7-10-20-13-14/h14H,4-13H2,1-3H3,(H,16,17). The molecule has 0 aromatic carbocycles. The maximum Gasteiger partial charge on any atom is 0.193 e. The van der Waals surface area contributed by atoms with E-state index in [-0.39, 0.29) is 0 Å². The first-order valence-corrected chi connectivity index (χ1v) is 7.92. The molecule has 1 heterocycles. The number of guanidine groups is 1. The topological polar surface area (TPSA) is 46.1 Å². The molecular weight excluding hydrogens is 254 g/mol. The molecule has 1 aliphatic heterocycles. The molecule has 1 fully saturated rings. The van der Waals surface area contributed by atoms with E-state index in [9.17, 15) is 0 Å². The quantitative estimate of drug-likeness (QED) is 0.398. The van der Waals surface area contributed by atoms with E-state index >= 15 is 0 Å². The molecule has 0 aromatic heterocycles. The summed E-state index contributed by atoms with van der Waals surface area (Å²) in [4.78, 5) is 6.82. The lowest BCUT2D eigenvalue weighted by atomic mass is 10.1. The molecular formula is C15H31N3O2. The average Bonchev–Trinajstić information content (AvgIpc) is 2.94. The van der Waals surface area contributed by atoms with Crippen LogP contribution in [0.15, 0.2) is 4.99 Å². The Morgan fingerprint density at radius 2 is 2.25 bits per heavy atom.